The van der Waals surface area contributed by atoms with Gasteiger partial charge < -0.3 is 19.7 Å². The van der Waals surface area contributed by atoms with Crippen molar-refractivity contribution in [3.63, 3.8) is 0 Å². The van der Waals surface area contributed by atoms with Crippen molar-refractivity contribution in [1.82, 2.24) is 0 Å². The fourth-order valence-corrected chi connectivity index (χ4v) is 3.36. The molecule has 2 aromatic rings. The second-order valence-corrected chi connectivity index (χ2v) is 7.31. The van der Waals surface area contributed by atoms with E-state index in [0.717, 1.165) is 5.56 Å². The maximum Gasteiger partial charge on any atom is 0.311 e. The van der Waals surface area contributed by atoms with Crippen molar-refractivity contribution in [2.24, 2.45) is 5.92 Å². The van der Waals surface area contributed by atoms with Crippen LogP contribution < -0.4 is 15.0 Å². The number of nitrogens with one attached hydrogen (secondary N) is 1. The van der Waals surface area contributed by atoms with Crippen molar-refractivity contribution in [2.75, 3.05) is 30.0 Å². The molecular weight excluding hydrogens is 408 g/mol. The molecule has 2 aromatic carbocycles. The Kier molecular flexibility index (Phi) is 6.95. The molecule has 2 amide bonds. The summed E-state index contributed by atoms with van der Waals surface area (Å²) < 4.78 is 10.5. The van der Waals surface area contributed by atoms with Gasteiger partial charge in [0.05, 0.1) is 12.5 Å². The largest absolute Gasteiger partial charge is 0.494 e. The van der Waals surface area contributed by atoms with Gasteiger partial charge in [-0.05, 0) is 55.8 Å². The monoisotopic (exact) mass is 430 g/mol. The molecule has 0 bridgehead atoms. The second kappa shape index (κ2) is 9.63. The summed E-state index contributed by atoms with van der Waals surface area (Å²) in [5, 5.41) is 3.20. The predicted octanol–water partition coefficient (Wildman–Crippen LogP) is 3.58. The molecule has 0 saturated carbocycles. The van der Waals surface area contributed by atoms with Gasteiger partial charge in [0.25, 0.3) is 5.91 Å². The number of ether oxygens (including phenoxy) is 2. The van der Waals surface area contributed by atoms with Gasteiger partial charge in [-0.3, -0.25) is 14.4 Å². The van der Waals surface area contributed by atoms with Crippen molar-refractivity contribution >= 4 is 40.8 Å². The summed E-state index contributed by atoms with van der Waals surface area (Å²) in [5.74, 6) is -1.12. The quantitative estimate of drug-likeness (QED) is 0.678. The van der Waals surface area contributed by atoms with Gasteiger partial charge in [0, 0.05) is 29.4 Å². The van der Waals surface area contributed by atoms with E-state index in [1.165, 1.54) is 4.90 Å². The highest BCUT2D eigenvalue weighted by molar-refractivity contribution is 6.31. The molecular formula is C22H23ClN2O5. The number of halogens is 1. The third-order valence-corrected chi connectivity index (χ3v) is 5.21. The number of carbonyl (C=O) groups is 3. The molecule has 0 aliphatic carbocycles. The molecule has 1 unspecified atom stereocenters. The van der Waals surface area contributed by atoms with E-state index in [2.05, 4.69) is 5.32 Å². The first-order valence-electron chi connectivity index (χ1n) is 9.64. The van der Waals surface area contributed by atoms with Crippen molar-refractivity contribution in [3.05, 3.63) is 53.1 Å². The highest BCUT2D eigenvalue weighted by atomic mass is 35.5. The molecule has 0 radical (unpaired) electrons. The number of amides is 2. The molecule has 1 saturated heterocycles. The average molecular weight is 431 g/mol. The van der Waals surface area contributed by atoms with Gasteiger partial charge in [0.1, 0.15) is 5.75 Å². The van der Waals surface area contributed by atoms with Crippen molar-refractivity contribution in [1.29, 1.82) is 0 Å². The van der Waals surface area contributed by atoms with Gasteiger partial charge in [-0.25, -0.2) is 0 Å². The van der Waals surface area contributed by atoms with Crippen LogP contribution in [0.5, 0.6) is 5.75 Å². The molecule has 1 atom stereocenters. The number of hydrogen-bond acceptors (Lipinski definition) is 5. The van der Waals surface area contributed by atoms with Gasteiger partial charge in [-0.1, -0.05) is 17.7 Å². The first-order chi connectivity index (χ1) is 14.4. The molecule has 7 nitrogen and oxygen atoms in total. The van der Waals surface area contributed by atoms with Crippen LogP contribution >= 0.6 is 11.6 Å². The summed E-state index contributed by atoms with van der Waals surface area (Å²) in [4.78, 5) is 38.4. The van der Waals surface area contributed by atoms with Crippen molar-refractivity contribution in [3.8, 4) is 5.75 Å². The number of anilines is 2. The van der Waals surface area contributed by atoms with Crippen LogP contribution in [0.3, 0.4) is 0 Å². The Morgan fingerprint density at radius 3 is 2.63 bits per heavy atom. The molecule has 0 aromatic heterocycles. The number of nitrogens with zero attached hydrogens (tertiary/aromatic N) is 1. The molecule has 1 aliphatic rings. The first kappa shape index (κ1) is 21.6. The Bertz CT molecular complexity index is 945. The first-order valence-corrected chi connectivity index (χ1v) is 10.0. The van der Waals surface area contributed by atoms with Crippen LogP contribution in [0, 0.1) is 12.8 Å². The summed E-state index contributed by atoms with van der Waals surface area (Å²) in [7, 11) is 0. The van der Waals surface area contributed by atoms with E-state index in [1.807, 2.05) is 6.92 Å². The Morgan fingerprint density at radius 1 is 1.20 bits per heavy atom. The third kappa shape index (κ3) is 5.10. The van der Waals surface area contributed by atoms with Gasteiger partial charge in [-0.2, -0.15) is 0 Å². The van der Waals surface area contributed by atoms with E-state index in [0.29, 0.717) is 28.8 Å². The Labute approximate surface area is 179 Å². The molecule has 1 fully saturated rings. The minimum Gasteiger partial charge on any atom is -0.494 e. The zero-order chi connectivity index (χ0) is 21.7. The zero-order valence-electron chi connectivity index (χ0n) is 16.8. The summed E-state index contributed by atoms with van der Waals surface area (Å²) in [6.45, 7) is 4.01. The van der Waals surface area contributed by atoms with E-state index >= 15 is 0 Å². The summed E-state index contributed by atoms with van der Waals surface area (Å²) in [6, 6.07) is 12.3. The van der Waals surface area contributed by atoms with Crippen LogP contribution in [0.15, 0.2) is 42.5 Å². The van der Waals surface area contributed by atoms with Crippen LogP contribution in [0.2, 0.25) is 5.02 Å². The van der Waals surface area contributed by atoms with Crippen LogP contribution in [0.25, 0.3) is 0 Å². The SMILES string of the molecule is CCOc1ccc(N2CC(C(=O)OCC(=O)Nc3cccc(Cl)c3C)CC2=O)cc1. The Morgan fingerprint density at radius 2 is 1.93 bits per heavy atom. The summed E-state index contributed by atoms with van der Waals surface area (Å²) in [6.07, 6.45) is 0.0427. The third-order valence-electron chi connectivity index (χ3n) is 4.81. The van der Waals surface area contributed by atoms with Crippen molar-refractivity contribution in [2.45, 2.75) is 20.3 Å². The lowest BCUT2D eigenvalue weighted by molar-refractivity contribution is -0.151. The van der Waals surface area contributed by atoms with E-state index in [1.54, 1.807) is 49.4 Å². The molecule has 1 N–H and O–H groups in total. The average Bonchev–Trinajstić information content (AvgIpc) is 3.12. The van der Waals surface area contributed by atoms with E-state index < -0.39 is 24.4 Å². The minimum absolute atomic E-state index is 0.0427. The number of hydrogen-bond donors (Lipinski definition) is 1. The standard InChI is InChI=1S/C22H23ClN2O5/c1-3-29-17-9-7-16(8-10-17)25-12-15(11-21(25)27)22(28)30-13-20(26)24-19-6-4-5-18(23)14(19)2/h4-10,15H,3,11-13H2,1-2H3,(H,24,26). The molecule has 30 heavy (non-hydrogen) atoms. The smallest absolute Gasteiger partial charge is 0.311 e. The van der Waals surface area contributed by atoms with Gasteiger partial charge >= 0.3 is 5.97 Å². The van der Waals surface area contributed by atoms with Crippen LogP contribution in [0.4, 0.5) is 11.4 Å². The lowest BCUT2D eigenvalue weighted by Gasteiger charge is -2.17. The van der Waals surface area contributed by atoms with Crippen LogP contribution in [0.1, 0.15) is 18.9 Å². The number of carbonyl (C=O) groups excluding carboxylic acids is 3. The van der Waals surface area contributed by atoms with E-state index in [-0.39, 0.29) is 18.9 Å². The maximum absolute atomic E-state index is 12.4. The number of benzene rings is 2. The summed E-state index contributed by atoms with van der Waals surface area (Å²) >= 11 is 6.03. The molecule has 1 heterocycles. The molecule has 1 aliphatic heterocycles. The highest BCUT2D eigenvalue weighted by Gasteiger charge is 2.36. The normalized spacial score (nSPS) is 15.8. The number of rotatable bonds is 7. The molecule has 8 heteroatoms. The van der Waals surface area contributed by atoms with Gasteiger partial charge in [0.2, 0.25) is 5.91 Å². The minimum atomic E-state index is -0.621. The second-order valence-electron chi connectivity index (χ2n) is 6.90. The number of esters is 1. The fourth-order valence-electron chi connectivity index (χ4n) is 3.19. The Hall–Kier alpha value is -3.06. The molecule has 0 spiro atoms. The van der Waals surface area contributed by atoms with Crippen LogP contribution in [-0.2, 0) is 19.1 Å². The lowest BCUT2D eigenvalue weighted by Crippen LogP contribution is -2.28. The lowest BCUT2D eigenvalue weighted by atomic mass is 10.1. The highest BCUT2D eigenvalue weighted by Crippen LogP contribution is 2.27. The maximum atomic E-state index is 12.4. The molecule has 3 rings (SSSR count). The van der Waals surface area contributed by atoms with E-state index in [4.69, 9.17) is 21.1 Å². The van der Waals surface area contributed by atoms with Crippen LogP contribution in [-0.4, -0.2) is 37.5 Å². The van der Waals surface area contributed by atoms with E-state index in [9.17, 15) is 14.4 Å². The zero-order valence-corrected chi connectivity index (χ0v) is 17.6. The summed E-state index contributed by atoms with van der Waals surface area (Å²) in [5.41, 5.74) is 1.97. The molecule has 158 valence electrons. The predicted molar refractivity (Wildman–Crippen MR) is 114 cm³/mol. The van der Waals surface area contributed by atoms with Crippen molar-refractivity contribution < 1.29 is 23.9 Å². The van der Waals surface area contributed by atoms with Gasteiger partial charge in [0.15, 0.2) is 6.61 Å². The topological polar surface area (TPSA) is 84.9 Å². The fraction of sp³-hybridized carbons (Fsp3) is 0.318. The van der Waals surface area contributed by atoms with Gasteiger partial charge in [-0.15, -0.1) is 0 Å². The Balaban J connectivity index is 1.53.